The Bertz CT molecular complexity index is 557. The van der Waals surface area contributed by atoms with Crippen LogP contribution in [0.2, 0.25) is 0 Å². The quantitative estimate of drug-likeness (QED) is 0.336. The molecule has 4 unspecified atom stereocenters. The number of hydrogen-bond acceptors (Lipinski definition) is 6. The molecule has 0 amide bonds. The van der Waals surface area contributed by atoms with Crippen LogP contribution in [-0.2, 0) is 32.4 Å². The molecule has 0 spiro atoms. The fraction of sp³-hybridized carbons (Fsp3) is 0.700. The van der Waals surface area contributed by atoms with Gasteiger partial charge in [0.15, 0.2) is 0 Å². The van der Waals surface area contributed by atoms with E-state index in [1.807, 2.05) is 6.07 Å². The molecular formula is C20H36N2O4. The molecule has 0 saturated heterocycles. The van der Waals surface area contributed by atoms with Crippen LogP contribution in [-0.4, -0.2) is 51.4 Å². The molecule has 26 heavy (non-hydrogen) atoms. The largest absolute Gasteiger partial charge is 0.393 e. The van der Waals surface area contributed by atoms with Crippen LogP contribution in [0, 0.1) is 0 Å². The monoisotopic (exact) mass is 368 g/mol. The van der Waals surface area contributed by atoms with Crippen LogP contribution < -0.4 is 11.1 Å². The molecule has 1 aromatic carbocycles. The molecule has 0 heterocycles. The topological polar surface area (TPSA) is 119 Å². The highest BCUT2D eigenvalue weighted by molar-refractivity contribution is 5.47. The third-order valence-corrected chi connectivity index (χ3v) is 4.33. The molecule has 0 aliphatic carbocycles. The first-order valence-electron chi connectivity index (χ1n) is 9.44. The Labute approximate surface area is 157 Å². The lowest BCUT2D eigenvalue weighted by molar-refractivity contribution is 0.184. The predicted molar refractivity (Wildman–Crippen MR) is 104 cm³/mol. The molecule has 4 atom stereocenters. The van der Waals surface area contributed by atoms with E-state index in [0.717, 1.165) is 27.8 Å². The molecule has 6 heteroatoms. The first kappa shape index (κ1) is 23.0. The van der Waals surface area contributed by atoms with Gasteiger partial charge in [-0.25, -0.2) is 0 Å². The summed E-state index contributed by atoms with van der Waals surface area (Å²) < 4.78 is 0. The zero-order valence-electron chi connectivity index (χ0n) is 16.5. The number of benzene rings is 1. The normalized spacial score (nSPS) is 16.3. The van der Waals surface area contributed by atoms with E-state index < -0.39 is 24.4 Å². The highest BCUT2D eigenvalue weighted by Crippen LogP contribution is 2.28. The van der Waals surface area contributed by atoms with Crippen molar-refractivity contribution >= 4 is 0 Å². The minimum Gasteiger partial charge on any atom is -0.393 e. The van der Waals surface area contributed by atoms with Crippen molar-refractivity contribution < 1.29 is 20.4 Å². The van der Waals surface area contributed by atoms with Gasteiger partial charge in [0.25, 0.3) is 0 Å². The second-order valence-corrected chi connectivity index (χ2v) is 7.47. The van der Waals surface area contributed by atoms with Crippen molar-refractivity contribution in [1.29, 1.82) is 0 Å². The predicted octanol–water partition coefficient (Wildman–Crippen LogP) is 0.386. The maximum atomic E-state index is 10.0. The maximum absolute atomic E-state index is 10.0. The number of hydrogen-bond donors (Lipinski definition) is 6. The van der Waals surface area contributed by atoms with Crippen LogP contribution in [0.3, 0.4) is 0 Å². The third kappa shape index (κ3) is 7.31. The van der Waals surface area contributed by atoms with Gasteiger partial charge in [-0.05, 0) is 74.8 Å². The Kier molecular flexibility index (Phi) is 9.71. The lowest BCUT2D eigenvalue weighted by atomic mass is 9.84. The zero-order chi connectivity index (χ0) is 19.9. The van der Waals surface area contributed by atoms with Crippen molar-refractivity contribution in [2.75, 3.05) is 6.54 Å². The summed E-state index contributed by atoms with van der Waals surface area (Å²) in [7, 11) is 0. The summed E-state index contributed by atoms with van der Waals surface area (Å²) in [5.41, 5.74) is 10.9. The van der Waals surface area contributed by atoms with Gasteiger partial charge in [-0.15, -0.1) is 0 Å². The molecule has 150 valence electrons. The minimum absolute atomic E-state index is 0.341. The summed E-state index contributed by atoms with van der Waals surface area (Å²) in [5, 5.41) is 42.7. The van der Waals surface area contributed by atoms with Gasteiger partial charge in [-0.2, -0.15) is 0 Å². The van der Waals surface area contributed by atoms with Crippen LogP contribution >= 0.6 is 0 Å². The molecule has 7 N–H and O–H groups in total. The number of nitrogens with one attached hydrogen (secondary N) is 1. The molecule has 1 aromatic rings. The van der Waals surface area contributed by atoms with E-state index in [4.69, 9.17) is 5.73 Å². The SMILES string of the molecule is CC(O)CNCc1cc(CN)c(CC(C)O)c(CC(C)O)c1CC(C)O. The Balaban J connectivity index is 3.46. The molecule has 6 nitrogen and oxygen atoms in total. The van der Waals surface area contributed by atoms with E-state index in [1.165, 1.54) is 0 Å². The van der Waals surface area contributed by atoms with Crippen molar-refractivity contribution in [3.05, 3.63) is 33.9 Å². The zero-order valence-corrected chi connectivity index (χ0v) is 16.5. The van der Waals surface area contributed by atoms with E-state index in [1.54, 1.807) is 27.7 Å². The summed E-state index contributed by atoms with van der Waals surface area (Å²) in [6, 6.07) is 2.02. The van der Waals surface area contributed by atoms with E-state index in [9.17, 15) is 20.4 Å². The average Bonchev–Trinajstić information content (AvgIpc) is 2.50. The summed E-state index contributed by atoms with van der Waals surface area (Å²) >= 11 is 0. The third-order valence-electron chi connectivity index (χ3n) is 4.33. The second-order valence-electron chi connectivity index (χ2n) is 7.47. The minimum atomic E-state index is -0.540. The standard InChI is InChI=1S/C20H36N2O4/c1-12(23)5-18-16(9-21)8-17(11-22-10-15(4)26)19(6-13(2)24)20(18)7-14(3)25/h8,12-15,22-26H,5-7,9-11,21H2,1-4H3. The number of aliphatic hydroxyl groups is 4. The first-order valence-corrected chi connectivity index (χ1v) is 9.44. The van der Waals surface area contributed by atoms with Gasteiger partial charge in [0.1, 0.15) is 0 Å². The lowest BCUT2D eigenvalue weighted by Crippen LogP contribution is -2.26. The maximum Gasteiger partial charge on any atom is 0.0636 e. The van der Waals surface area contributed by atoms with Gasteiger partial charge >= 0.3 is 0 Å². The van der Waals surface area contributed by atoms with E-state index in [2.05, 4.69) is 5.32 Å². The van der Waals surface area contributed by atoms with Gasteiger partial charge in [0, 0.05) is 19.6 Å². The van der Waals surface area contributed by atoms with E-state index in [-0.39, 0.29) is 0 Å². The molecular weight excluding hydrogens is 332 g/mol. The fourth-order valence-corrected chi connectivity index (χ4v) is 3.35. The van der Waals surface area contributed by atoms with Gasteiger partial charge in [0.05, 0.1) is 24.4 Å². The molecule has 0 aliphatic heterocycles. The Morgan fingerprint density at radius 3 is 1.65 bits per heavy atom. The summed E-state index contributed by atoms with van der Waals surface area (Å²) in [6.45, 7) is 8.28. The average molecular weight is 369 g/mol. The van der Waals surface area contributed by atoms with Crippen LogP contribution in [0.25, 0.3) is 0 Å². The van der Waals surface area contributed by atoms with Crippen LogP contribution in [0.15, 0.2) is 6.07 Å². The Morgan fingerprint density at radius 2 is 1.23 bits per heavy atom. The molecule has 0 fully saturated rings. The van der Waals surface area contributed by atoms with Crippen LogP contribution in [0.5, 0.6) is 0 Å². The van der Waals surface area contributed by atoms with Gasteiger partial charge in [-0.3, -0.25) is 0 Å². The van der Waals surface area contributed by atoms with Crippen molar-refractivity contribution in [1.82, 2.24) is 5.32 Å². The number of rotatable bonds is 11. The molecule has 0 radical (unpaired) electrons. The van der Waals surface area contributed by atoms with E-state index in [0.29, 0.717) is 38.9 Å². The molecule has 0 aromatic heterocycles. The van der Waals surface area contributed by atoms with Gasteiger partial charge in [-0.1, -0.05) is 6.07 Å². The summed E-state index contributed by atoms with van der Waals surface area (Å²) in [4.78, 5) is 0. The lowest BCUT2D eigenvalue weighted by Gasteiger charge is -2.25. The van der Waals surface area contributed by atoms with Crippen LogP contribution in [0.1, 0.15) is 55.5 Å². The van der Waals surface area contributed by atoms with Gasteiger partial charge in [0.2, 0.25) is 0 Å². The van der Waals surface area contributed by atoms with Crippen LogP contribution in [0.4, 0.5) is 0 Å². The molecule has 0 saturated carbocycles. The molecule has 1 rings (SSSR count). The fourth-order valence-electron chi connectivity index (χ4n) is 3.35. The first-order chi connectivity index (χ1) is 12.1. The Morgan fingerprint density at radius 1 is 0.769 bits per heavy atom. The number of aliphatic hydroxyl groups excluding tert-OH is 4. The smallest absolute Gasteiger partial charge is 0.0636 e. The van der Waals surface area contributed by atoms with Crippen molar-refractivity contribution in [3.8, 4) is 0 Å². The summed E-state index contributed by atoms with van der Waals surface area (Å²) in [6.07, 6.45) is -0.666. The molecule has 0 aliphatic rings. The van der Waals surface area contributed by atoms with Crippen molar-refractivity contribution in [2.45, 2.75) is 84.5 Å². The second kappa shape index (κ2) is 11.0. The highest BCUT2D eigenvalue weighted by atomic mass is 16.3. The Hall–Kier alpha value is -1.02. The van der Waals surface area contributed by atoms with E-state index >= 15 is 0 Å². The highest BCUT2D eigenvalue weighted by Gasteiger charge is 2.20. The van der Waals surface area contributed by atoms with Gasteiger partial charge < -0.3 is 31.5 Å². The number of nitrogens with two attached hydrogens (primary N) is 1. The molecule has 0 bridgehead atoms. The van der Waals surface area contributed by atoms with Crippen molar-refractivity contribution in [3.63, 3.8) is 0 Å². The van der Waals surface area contributed by atoms with Crippen molar-refractivity contribution in [2.24, 2.45) is 5.73 Å². The summed E-state index contributed by atoms with van der Waals surface area (Å²) in [5.74, 6) is 0.